The maximum atomic E-state index is 14.0. The zero-order chi connectivity index (χ0) is 47.5. The number of carbonyl (C=O) groups is 5. The Bertz CT molecular complexity index is 2160. The van der Waals surface area contributed by atoms with E-state index in [1.54, 1.807) is 30.3 Å². The molecule has 0 radical (unpaired) electrons. The van der Waals surface area contributed by atoms with Crippen LogP contribution in [0.15, 0.2) is 121 Å². The van der Waals surface area contributed by atoms with Crippen LogP contribution in [0.1, 0.15) is 54.7 Å². The second-order valence-electron chi connectivity index (χ2n) is 15.6. The van der Waals surface area contributed by atoms with Crippen molar-refractivity contribution >= 4 is 41.6 Å². The smallest absolute Gasteiger partial charge is 0.338 e. The summed E-state index contributed by atoms with van der Waals surface area (Å²) in [5.41, 5.74) is 2.16. The fourth-order valence-corrected chi connectivity index (χ4v) is 8.53. The highest BCUT2D eigenvalue weighted by atomic mass is 32.2. The molecule has 0 N–H and O–H groups in total. The van der Waals surface area contributed by atoms with Crippen LogP contribution in [0.2, 0.25) is 0 Å². The molecule has 17 heteroatoms. The van der Waals surface area contributed by atoms with Gasteiger partial charge in [-0.15, -0.1) is 11.8 Å². The van der Waals surface area contributed by atoms with Crippen LogP contribution < -0.4 is 0 Å². The molecule has 0 spiro atoms. The molecular weight excluding hydrogens is 889 g/mol. The summed E-state index contributed by atoms with van der Waals surface area (Å²) >= 11 is 1.25. The number of ether oxygens (including phenoxy) is 11. The molecule has 2 fully saturated rings. The van der Waals surface area contributed by atoms with E-state index in [1.807, 2.05) is 91.0 Å². The number of rotatable bonds is 22. The van der Waals surface area contributed by atoms with Gasteiger partial charge in [0.15, 0.2) is 30.7 Å². The Balaban J connectivity index is 1.29. The molecule has 358 valence electrons. The van der Waals surface area contributed by atoms with Crippen LogP contribution in [0.3, 0.4) is 0 Å². The third-order valence-electron chi connectivity index (χ3n) is 10.4. The van der Waals surface area contributed by atoms with E-state index in [9.17, 15) is 24.0 Å². The molecule has 0 aromatic heterocycles. The van der Waals surface area contributed by atoms with Crippen molar-refractivity contribution in [1.82, 2.24) is 0 Å². The van der Waals surface area contributed by atoms with Crippen LogP contribution in [0.5, 0.6) is 0 Å². The first-order valence-electron chi connectivity index (χ1n) is 21.8. The Morgan fingerprint density at radius 2 is 0.970 bits per heavy atom. The quantitative estimate of drug-likeness (QED) is 0.0495. The second kappa shape index (κ2) is 26.0. The molecule has 67 heavy (non-hydrogen) atoms. The highest BCUT2D eigenvalue weighted by molar-refractivity contribution is 7.99. The highest BCUT2D eigenvalue weighted by Crippen LogP contribution is 2.36. The standard InChI is InChI=1S/C50H56O16S/c1-32(51)58-31-41-43(61-33(2)52)45(62-34(3)53)46(63-35(4)54)49(64-41)57-25-26-67-50-47(66-48(55)39-23-15-8-16-24-39)44(60-29-38-21-13-7-14-22-38)42(59-28-37-19-11-6-12-20-37)40(65-50)30-56-27-36-17-9-5-10-18-36/h5-24,40-47,49-50H,25-31H2,1-4H3/t40-,41-,42-,43+,44+,45+,46-,47+,49-,50+/m1/s1. The van der Waals surface area contributed by atoms with E-state index in [-0.39, 0.29) is 38.8 Å². The van der Waals surface area contributed by atoms with E-state index < -0.39 is 97.0 Å². The zero-order valence-corrected chi connectivity index (χ0v) is 38.5. The summed E-state index contributed by atoms with van der Waals surface area (Å²) in [5.74, 6) is -3.39. The molecule has 0 aliphatic carbocycles. The van der Waals surface area contributed by atoms with Gasteiger partial charge in [-0.25, -0.2) is 4.79 Å². The molecule has 4 aromatic carbocycles. The minimum Gasteiger partial charge on any atom is -0.463 e. The second-order valence-corrected chi connectivity index (χ2v) is 16.8. The Morgan fingerprint density at radius 1 is 0.478 bits per heavy atom. The topological polar surface area (TPSA) is 187 Å². The van der Waals surface area contributed by atoms with Crippen molar-refractivity contribution < 1.29 is 76.1 Å². The first-order chi connectivity index (χ1) is 32.4. The normalized spacial score (nSPS) is 24.7. The molecular formula is C50H56O16S. The third kappa shape index (κ3) is 15.7. The van der Waals surface area contributed by atoms with Gasteiger partial charge < -0.3 is 52.1 Å². The molecule has 2 aliphatic rings. The maximum Gasteiger partial charge on any atom is 0.338 e. The van der Waals surface area contributed by atoms with Crippen molar-refractivity contribution in [3.63, 3.8) is 0 Å². The lowest BCUT2D eigenvalue weighted by Gasteiger charge is -2.45. The fraction of sp³-hybridized carbons (Fsp3) is 0.420. The maximum absolute atomic E-state index is 14.0. The van der Waals surface area contributed by atoms with Crippen LogP contribution in [0, 0.1) is 0 Å². The summed E-state index contributed by atoms with van der Waals surface area (Å²) in [4.78, 5) is 62.9. The number of hydrogen-bond donors (Lipinski definition) is 0. The monoisotopic (exact) mass is 944 g/mol. The molecule has 0 amide bonds. The number of benzene rings is 4. The van der Waals surface area contributed by atoms with Gasteiger partial charge in [0.25, 0.3) is 0 Å². The van der Waals surface area contributed by atoms with Crippen molar-refractivity contribution in [2.75, 3.05) is 25.6 Å². The number of hydrogen-bond acceptors (Lipinski definition) is 17. The molecule has 10 atom stereocenters. The van der Waals surface area contributed by atoms with Crippen molar-refractivity contribution in [2.45, 2.75) is 108 Å². The first-order valence-corrected chi connectivity index (χ1v) is 22.9. The molecule has 0 saturated carbocycles. The molecule has 6 rings (SSSR count). The van der Waals surface area contributed by atoms with Gasteiger partial charge in [-0.05, 0) is 28.8 Å². The molecule has 16 nitrogen and oxygen atoms in total. The summed E-state index contributed by atoms with van der Waals surface area (Å²) in [6, 6.07) is 37.5. The average molecular weight is 945 g/mol. The van der Waals surface area contributed by atoms with Crippen molar-refractivity contribution in [3.8, 4) is 0 Å². The molecule has 2 heterocycles. The fourth-order valence-electron chi connectivity index (χ4n) is 7.48. The van der Waals surface area contributed by atoms with E-state index in [4.69, 9.17) is 52.1 Å². The Morgan fingerprint density at radius 3 is 1.52 bits per heavy atom. The predicted octanol–water partition coefficient (Wildman–Crippen LogP) is 6.16. The van der Waals surface area contributed by atoms with Gasteiger partial charge in [0.2, 0.25) is 0 Å². The molecule has 2 saturated heterocycles. The summed E-state index contributed by atoms with van der Waals surface area (Å²) in [7, 11) is 0. The van der Waals surface area contributed by atoms with Crippen LogP contribution in [0.4, 0.5) is 0 Å². The summed E-state index contributed by atoms with van der Waals surface area (Å²) in [5, 5.41) is 0. The van der Waals surface area contributed by atoms with Crippen LogP contribution >= 0.6 is 11.8 Å². The third-order valence-corrected chi connectivity index (χ3v) is 11.5. The van der Waals surface area contributed by atoms with Crippen LogP contribution in [-0.2, 0) is 91.1 Å². The lowest BCUT2D eigenvalue weighted by molar-refractivity contribution is -0.307. The van der Waals surface area contributed by atoms with E-state index >= 15 is 0 Å². The van der Waals surface area contributed by atoms with Crippen LogP contribution in [0.25, 0.3) is 0 Å². The zero-order valence-electron chi connectivity index (χ0n) is 37.7. The van der Waals surface area contributed by atoms with E-state index in [0.717, 1.165) is 37.5 Å². The summed E-state index contributed by atoms with van der Waals surface area (Å²) in [6.45, 7) is 4.80. The SMILES string of the molecule is CC(=O)OC[C@H]1O[C@@H](OCCS[C@@H]2O[C@H](COCc3ccccc3)[C@@H](OCc3ccccc3)[C@H](OCc3ccccc3)[C@@H]2OC(=O)c2ccccc2)[C@H](OC(C)=O)[C@@H](OC(C)=O)[C@H]1OC(C)=O. The average Bonchev–Trinajstić information content (AvgIpc) is 3.31. The van der Waals surface area contributed by atoms with Gasteiger partial charge in [0, 0.05) is 33.4 Å². The van der Waals surface area contributed by atoms with Crippen molar-refractivity contribution in [2.24, 2.45) is 0 Å². The van der Waals surface area contributed by atoms with Crippen molar-refractivity contribution in [1.29, 1.82) is 0 Å². The minimum atomic E-state index is -1.42. The Labute approximate surface area is 393 Å². The molecule has 0 bridgehead atoms. The molecule has 4 aromatic rings. The van der Waals surface area contributed by atoms with Gasteiger partial charge in [-0.1, -0.05) is 109 Å². The van der Waals surface area contributed by atoms with E-state index in [0.29, 0.717) is 5.56 Å². The Kier molecular flexibility index (Phi) is 19.7. The Hall–Kier alpha value is -5.66. The predicted molar refractivity (Wildman–Crippen MR) is 241 cm³/mol. The summed E-state index contributed by atoms with van der Waals surface area (Å²) in [6.07, 6.45) is -10.3. The minimum absolute atomic E-state index is 0.0806. The van der Waals surface area contributed by atoms with Crippen molar-refractivity contribution in [3.05, 3.63) is 144 Å². The number of carbonyl (C=O) groups excluding carboxylic acids is 5. The summed E-state index contributed by atoms with van der Waals surface area (Å²) < 4.78 is 67.2. The van der Waals surface area contributed by atoms with E-state index in [2.05, 4.69) is 0 Å². The lowest BCUT2D eigenvalue weighted by Crippen LogP contribution is -2.63. The number of thioether (sulfide) groups is 1. The highest BCUT2D eigenvalue weighted by Gasteiger charge is 2.53. The molecule has 0 unspecified atom stereocenters. The van der Waals surface area contributed by atoms with Gasteiger partial charge in [0.05, 0.1) is 38.6 Å². The van der Waals surface area contributed by atoms with Crippen LogP contribution in [-0.4, -0.2) is 116 Å². The lowest BCUT2D eigenvalue weighted by atomic mass is 9.98. The molecule has 2 aliphatic heterocycles. The van der Waals surface area contributed by atoms with E-state index in [1.165, 1.54) is 18.7 Å². The van der Waals surface area contributed by atoms with Gasteiger partial charge in [-0.2, -0.15) is 0 Å². The van der Waals surface area contributed by atoms with Gasteiger partial charge >= 0.3 is 29.8 Å². The van der Waals surface area contributed by atoms with Gasteiger partial charge in [0.1, 0.15) is 36.5 Å². The first kappa shape index (κ1) is 50.7. The number of esters is 5. The van der Waals surface area contributed by atoms with Gasteiger partial charge in [-0.3, -0.25) is 19.2 Å². The largest absolute Gasteiger partial charge is 0.463 e.